The topological polar surface area (TPSA) is 0 Å². The fraction of sp³-hybridized carbons (Fsp3) is 0. The zero-order chi connectivity index (χ0) is 0. The van der Waals surface area contributed by atoms with E-state index < -0.39 is 0 Å². The second-order valence-corrected chi connectivity index (χ2v) is 0. The Bertz CT molecular complexity index is 8.00. The van der Waals surface area contributed by atoms with Crippen LogP contribution in [0, 0.1) is 0 Å². The molecular weight excluding hydrogens is 330 g/mol. The van der Waals surface area contributed by atoms with E-state index in [9.17, 15) is 0 Å². The summed E-state index contributed by atoms with van der Waals surface area (Å²) in [4.78, 5) is 0. The molecule has 0 bridgehead atoms. The van der Waals surface area contributed by atoms with Crippen LogP contribution in [0.15, 0.2) is 0 Å². The van der Waals surface area contributed by atoms with E-state index in [1.54, 1.807) is 0 Å². The van der Waals surface area contributed by atoms with Gasteiger partial charge in [-0.2, -0.15) is 0 Å². The van der Waals surface area contributed by atoms with Crippen molar-refractivity contribution < 1.29 is 55.9 Å². The minimum absolute atomic E-state index is 0. The van der Waals surface area contributed by atoms with Crippen LogP contribution in [-0.2, 0) is 55.9 Å². The number of hydrogen-bond acceptors (Lipinski definition) is 0. The summed E-state index contributed by atoms with van der Waals surface area (Å²) in [5.74, 6) is 0. The van der Waals surface area contributed by atoms with Gasteiger partial charge in [0, 0.05) is 55.9 Å². The summed E-state index contributed by atoms with van der Waals surface area (Å²) >= 11 is 0. The predicted octanol–water partition coefficient (Wildman–Crippen LogP) is -1.19. The van der Waals surface area contributed by atoms with Crippen LogP contribution in [0.25, 0.3) is 0 Å². The standard InChI is InChI=1S/Au.BH3.Cu.Ni/h;1H3;;. The summed E-state index contributed by atoms with van der Waals surface area (Å²) < 4.78 is 0. The maximum atomic E-state index is 0. The van der Waals surface area contributed by atoms with Crippen molar-refractivity contribution in [3.8, 4) is 0 Å². The molecule has 0 aliphatic heterocycles. The first-order valence-electron chi connectivity index (χ1n) is 0. The van der Waals surface area contributed by atoms with E-state index in [1.165, 1.54) is 0 Å². The van der Waals surface area contributed by atoms with Gasteiger partial charge in [-0.1, -0.05) is 0 Å². The van der Waals surface area contributed by atoms with Crippen LogP contribution in [0.3, 0.4) is 0 Å². The Hall–Kier alpha value is 1.82. The Kier molecular flexibility index (Phi) is 217. The average molecular weight is 333 g/mol. The van der Waals surface area contributed by atoms with Crippen molar-refractivity contribution in [2.24, 2.45) is 0 Å². The van der Waals surface area contributed by atoms with Crippen LogP contribution in [-0.4, -0.2) is 8.41 Å². The zero-order valence-corrected chi connectivity index (χ0v) is 5.01. The number of rotatable bonds is 0. The van der Waals surface area contributed by atoms with Crippen molar-refractivity contribution in [2.75, 3.05) is 0 Å². The third-order valence-electron chi connectivity index (χ3n) is 0. The summed E-state index contributed by atoms with van der Waals surface area (Å²) in [7, 11) is 0. The summed E-state index contributed by atoms with van der Waals surface area (Å²) in [6.07, 6.45) is 0. The molecule has 0 nitrogen and oxygen atoms in total. The Morgan fingerprint density at radius 3 is 1.00 bits per heavy atom. The Labute approximate surface area is 64.0 Å². The maximum absolute atomic E-state index is 0. The molecule has 0 aromatic rings. The van der Waals surface area contributed by atoms with Gasteiger partial charge in [-0.25, -0.2) is 0 Å². The largest absolute Gasteiger partial charge is 0.0814 e. The van der Waals surface area contributed by atoms with Gasteiger partial charge in [-0.05, 0) is 0 Å². The van der Waals surface area contributed by atoms with Gasteiger partial charge in [0.25, 0.3) is 0 Å². The molecule has 0 spiro atoms. The second-order valence-electron chi connectivity index (χ2n) is 0. The van der Waals surface area contributed by atoms with Gasteiger partial charge in [-0.3, -0.25) is 0 Å². The van der Waals surface area contributed by atoms with Gasteiger partial charge in [-0.15, -0.1) is 0 Å². The first-order chi connectivity index (χ1) is 0. The van der Waals surface area contributed by atoms with Crippen LogP contribution in [0.2, 0.25) is 0 Å². The first-order valence-corrected chi connectivity index (χ1v) is 0. The van der Waals surface area contributed by atoms with Gasteiger partial charge in [0.2, 0.25) is 0 Å². The molecule has 38 valence electrons. The van der Waals surface area contributed by atoms with E-state index in [0.717, 1.165) is 0 Å². The molecule has 0 rings (SSSR count). The number of hydrogen-bond donors (Lipinski definition) is 0. The molecule has 0 aliphatic rings. The average Bonchev–Trinajstić information content (AvgIpc) is 0. The van der Waals surface area contributed by atoms with Crippen molar-refractivity contribution in [2.45, 2.75) is 0 Å². The molecule has 0 aromatic carbocycles. The minimum atomic E-state index is 0. The molecule has 0 aromatic heterocycles. The summed E-state index contributed by atoms with van der Waals surface area (Å²) in [5.41, 5.74) is 0. The van der Waals surface area contributed by atoms with Crippen LogP contribution in [0.1, 0.15) is 0 Å². The van der Waals surface area contributed by atoms with E-state index in [2.05, 4.69) is 0 Å². The molecule has 4 heteroatoms. The third-order valence-corrected chi connectivity index (χ3v) is 0. The molecule has 2 radical (unpaired) electrons. The molecule has 0 saturated heterocycles. The minimum Gasteiger partial charge on any atom is 0 e. The van der Waals surface area contributed by atoms with Crippen LogP contribution >= 0.6 is 0 Å². The Morgan fingerprint density at radius 1 is 1.00 bits per heavy atom. The van der Waals surface area contributed by atoms with Crippen LogP contribution < -0.4 is 0 Å². The predicted molar refractivity (Wildman–Crippen MR) is 9.94 cm³/mol. The fourth-order valence-corrected chi connectivity index (χ4v) is 0. The summed E-state index contributed by atoms with van der Waals surface area (Å²) in [6, 6.07) is 0. The molecule has 4 heavy (non-hydrogen) atoms. The summed E-state index contributed by atoms with van der Waals surface area (Å²) in [5, 5.41) is 0. The van der Waals surface area contributed by atoms with E-state index in [0.29, 0.717) is 0 Å². The smallest absolute Gasteiger partial charge is 0 e. The van der Waals surface area contributed by atoms with E-state index in [-0.39, 0.29) is 64.4 Å². The Balaban J connectivity index is 0. The molecule has 0 heterocycles. The molecule has 0 unspecified atom stereocenters. The monoisotopic (exact) mass is 332 g/mol. The van der Waals surface area contributed by atoms with Crippen LogP contribution in [0.5, 0.6) is 0 Å². The molecular formula is H3AuBCuNi. The maximum Gasteiger partial charge on any atom is 0.0814 e. The molecule has 0 aliphatic carbocycles. The third kappa shape index (κ3) is 9.17. The van der Waals surface area contributed by atoms with Gasteiger partial charge in [0.05, 0.1) is 8.41 Å². The zero-order valence-electron chi connectivity index (χ0n) is 0.919. The summed E-state index contributed by atoms with van der Waals surface area (Å²) in [6.45, 7) is 0. The van der Waals surface area contributed by atoms with Gasteiger partial charge >= 0.3 is 0 Å². The van der Waals surface area contributed by atoms with Crippen molar-refractivity contribution >= 4 is 8.41 Å². The van der Waals surface area contributed by atoms with E-state index >= 15 is 0 Å². The van der Waals surface area contributed by atoms with Gasteiger partial charge in [0.1, 0.15) is 0 Å². The quantitative estimate of drug-likeness (QED) is 0.489. The van der Waals surface area contributed by atoms with Crippen molar-refractivity contribution in [3.63, 3.8) is 0 Å². The van der Waals surface area contributed by atoms with Crippen molar-refractivity contribution in [1.29, 1.82) is 0 Å². The molecule has 0 atom stereocenters. The van der Waals surface area contributed by atoms with Gasteiger partial charge < -0.3 is 0 Å². The first kappa shape index (κ1) is 40.9. The molecule has 0 N–H and O–H groups in total. The van der Waals surface area contributed by atoms with E-state index in [4.69, 9.17) is 0 Å². The van der Waals surface area contributed by atoms with Crippen molar-refractivity contribution in [1.82, 2.24) is 0 Å². The fourth-order valence-electron chi connectivity index (χ4n) is 0. The molecule has 0 amide bonds. The second kappa shape index (κ2) is 21.2. The molecule has 0 fully saturated rings. The van der Waals surface area contributed by atoms with Crippen molar-refractivity contribution in [3.05, 3.63) is 0 Å². The van der Waals surface area contributed by atoms with Gasteiger partial charge in [0.15, 0.2) is 0 Å². The molecule has 0 saturated carbocycles. The van der Waals surface area contributed by atoms with E-state index in [1.807, 2.05) is 0 Å². The SMILES string of the molecule is B.[Au].[Cu].[Ni]. The van der Waals surface area contributed by atoms with Crippen LogP contribution in [0.4, 0.5) is 0 Å². The normalized spacial score (nSPS) is 0. The Morgan fingerprint density at radius 2 is 1.00 bits per heavy atom.